The first kappa shape index (κ1) is 16.5. The van der Waals surface area contributed by atoms with E-state index in [0.29, 0.717) is 43.6 Å². The molecule has 0 aromatic carbocycles. The molecule has 0 aromatic heterocycles. The number of nitrogens with zero attached hydrogens (tertiary/aromatic N) is 2. The number of carbonyl (C=O) groups excluding carboxylic acids is 2. The van der Waals surface area contributed by atoms with Gasteiger partial charge >= 0.3 is 6.09 Å². The Morgan fingerprint density at radius 2 is 1.95 bits per heavy atom. The number of likely N-dealkylation sites (tertiary alicyclic amines) is 1. The Morgan fingerprint density at radius 3 is 2.45 bits per heavy atom. The number of amides is 1. The monoisotopic (exact) mass is 307 g/mol. The fourth-order valence-electron chi connectivity index (χ4n) is 3.09. The molecule has 1 amide bonds. The van der Waals surface area contributed by atoms with Crippen LogP contribution >= 0.6 is 0 Å². The maximum Gasteiger partial charge on any atom is 0.410 e. The molecule has 0 bridgehead atoms. The van der Waals surface area contributed by atoms with E-state index >= 15 is 0 Å². The van der Waals surface area contributed by atoms with Crippen LogP contribution in [-0.4, -0.2) is 48.7 Å². The summed E-state index contributed by atoms with van der Waals surface area (Å²) in [6, 6.07) is 0. The SMILES string of the molecule is CN=CC1=C(N)CC2(CCN(C(=O)OC(C)(C)C)CC2)C1=O. The highest BCUT2D eigenvalue weighted by Crippen LogP contribution is 2.44. The number of ketones is 1. The number of carbonyl (C=O) groups is 2. The molecule has 0 unspecified atom stereocenters. The number of hydrogen-bond acceptors (Lipinski definition) is 5. The Kier molecular flexibility index (Phi) is 4.31. The van der Waals surface area contributed by atoms with E-state index in [1.807, 2.05) is 20.8 Å². The van der Waals surface area contributed by atoms with Gasteiger partial charge < -0.3 is 15.4 Å². The second kappa shape index (κ2) is 5.74. The van der Waals surface area contributed by atoms with Gasteiger partial charge in [0.1, 0.15) is 5.60 Å². The second-order valence-corrected chi connectivity index (χ2v) is 7.08. The number of nitrogens with two attached hydrogens (primary N) is 1. The van der Waals surface area contributed by atoms with Gasteiger partial charge in [0, 0.05) is 43.9 Å². The number of piperidine rings is 1. The minimum atomic E-state index is -0.508. The summed E-state index contributed by atoms with van der Waals surface area (Å²) >= 11 is 0. The van der Waals surface area contributed by atoms with Gasteiger partial charge in [-0.2, -0.15) is 0 Å². The van der Waals surface area contributed by atoms with Gasteiger partial charge in [-0.05, 0) is 33.6 Å². The van der Waals surface area contributed by atoms with Gasteiger partial charge in [0.2, 0.25) is 0 Å². The number of hydrogen-bond donors (Lipinski definition) is 1. The summed E-state index contributed by atoms with van der Waals surface area (Å²) in [6.07, 6.45) is 3.03. The van der Waals surface area contributed by atoms with Crippen LogP contribution in [0.25, 0.3) is 0 Å². The Labute approximate surface area is 131 Å². The maximum atomic E-state index is 12.6. The number of ether oxygens (including phenoxy) is 1. The van der Waals surface area contributed by atoms with Crippen LogP contribution in [0.1, 0.15) is 40.0 Å². The first-order valence-corrected chi connectivity index (χ1v) is 7.62. The molecule has 0 radical (unpaired) electrons. The third-order valence-electron chi connectivity index (χ3n) is 4.23. The summed E-state index contributed by atoms with van der Waals surface area (Å²) in [4.78, 5) is 30.3. The van der Waals surface area contributed by atoms with E-state index in [0.717, 1.165) is 0 Å². The van der Waals surface area contributed by atoms with Crippen LogP contribution in [0.2, 0.25) is 0 Å². The van der Waals surface area contributed by atoms with Gasteiger partial charge in [-0.3, -0.25) is 9.79 Å². The van der Waals surface area contributed by atoms with Gasteiger partial charge in [0.25, 0.3) is 0 Å². The van der Waals surface area contributed by atoms with E-state index in [4.69, 9.17) is 10.5 Å². The molecule has 1 heterocycles. The van der Waals surface area contributed by atoms with Crippen molar-refractivity contribution >= 4 is 18.1 Å². The van der Waals surface area contributed by atoms with Gasteiger partial charge in [-0.1, -0.05) is 0 Å². The molecule has 0 saturated carbocycles. The molecule has 6 heteroatoms. The summed E-state index contributed by atoms with van der Waals surface area (Å²) in [5.74, 6) is 0.0689. The minimum absolute atomic E-state index is 0.0689. The number of Topliss-reactive ketones (excluding diaryl/α,β-unsaturated/α-hetero) is 1. The van der Waals surface area contributed by atoms with E-state index in [-0.39, 0.29) is 11.9 Å². The third kappa shape index (κ3) is 3.15. The number of allylic oxidation sites excluding steroid dienone is 2. The van der Waals surface area contributed by atoms with Crippen LogP contribution in [0, 0.1) is 5.41 Å². The zero-order valence-corrected chi connectivity index (χ0v) is 13.8. The molecule has 122 valence electrons. The molecule has 22 heavy (non-hydrogen) atoms. The average Bonchev–Trinajstić information content (AvgIpc) is 2.63. The lowest BCUT2D eigenvalue weighted by Crippen LogP contribution is -2.47. The zero-order chi connectivity index (χ0) is 16.5. The van der Waals surface area contributed by atoms with Gasteiger partial charge in [-0.15, -0.1) is 0 Å². The lowest BCUT2D eigenvalue weighted by Gasteiger charge is -2.38. The van der Waals surface area contributed by atoms with Crippen LogP contribution < -0.4 is 5.73 Å². The first-order chi connectivity index (χ1) is 10.2. The van der Waals surface area contributed by atoms with Gasteiger partial charge in [0.15, 0.2) is 5.78 Å². The molecule has 1 aliphatic carbocycles. The molecule has 2 N–H and O–H groups in total. The van der Waals surface area contributed by atoms with Crippen molar-refractivity contribution in [2.75, 3.05) is 20.1 Å². The van der Waals surface area contributed by atoms with Crippen molar-refractivity contribution in [3.05, 3.63) is 11.3 Å². The van der Waals surface area contributed by atoms with Crippen LogP contribution in [0.5, 0.6) is 0 Å². The molecule has 1 saturated heterocycles. The lowest BCUT2D eigenvalue weighted by molar-refractivity contribution is -0.125. The fourth-order valence-corrected chi connectivity index (χ4v) is 3.09. The zero-order valence-electron chi connectivity index (χ0n) is 13.8. The lowest BCUT2D eigenvalue weighted by atomic mass is 9.74. The highest BCUT2D eigenvalue weighted by molar-refractivity contribution is 6.18. The summed E-state index contributed by atoms with van der Waals surface area (Å²) in [5, 5.41) is 0. The van der Waals surface area contributed by atoms with E-state index in [1.54, 1.807) is 18.2 Å². The summed E-state index contributed by atoms with van der Waals surface area (Å²) in [7, 11) is 1.63. The molecule has 2 rings (SSSR count). The Hall–Kier alpha value is -1.85. The third-order valence-corrected chi connectivity index (χ3v) is 4.23. The van der Waals surface area contributed by atoms with Crippen molar-refractivity contribution < 1.29 is 14.3 Å². The fraction of sp³-hybridized carbons (Fsp3) is 0.688. The van der Waals surface area contributed by atoms with Crippen molar-refractivity contribution in [2.45, 2.75) is 45.6 Å². The van der Waals surface area contributed by atoms with Crippen molar-refractivity contribution in [3.8, 4) is 0 Å². The highest BCUT2D eigenvalue weighted by atomic mass is 16.6. The second-order valence-electron chi connectivity index (χ2n) is 7.08. The average molecular weight is 307 g/mol. The summed E-state index contributed by atoms with van der Waals surface area (Å²) < 4.78 is 5.38. The van der Waals surface area contributed by atoms with Crippen LogP contribution in [0.15, 0.2) is 16.3 Å². The Morgan fingerprint density at radius 1 is 1.36 bits per heavy atom. The molecular weight excluding hydrogens is 282 g/mol. The van der Waals surface area contributed by atoms with E-state index in [9.17, 15) is 9.59 Å². The largest absolute Gasteiger partial charge is 0.444 e. The Balaban J connectivity index is 2.01. The molecule has 0 atom stereocenters. The van der Waals surface area contributed by atoms with E-state index in [1.165, 1.54) is 0 Å². The highest BCUT2D eigenvalue weighted by Gasteiger charge is 2.48. The first-order valence-electron chi connectivity index (χ1n) is 7.62. The van der Waals surface area contributed by atoms with Gasteiger partial charge in [0.05, 0.1) is 5.57 Å². The van der Waals surface area contributed by atoms with E-state index in [2.05, 4.69) is 4.99 Å². The minimum Gasteiger partial charge on any atom is -0.444 e. The van der Waals surface area contributed by atoms with Crippen LogP contribution in [0.4, 0.5) is 4.79 Å². The van der Waals surface area contributed by atoms with Crippen LogP contribution in [0.3, 0.4) is 0 Å². The summed E-state index contributed by atoms with van der Waals surface area (Å²) in [6.45, 7) is 6.57. The molecule has 1 spiro atoms. The topological polar surface area (TPSA) is 85.0 Å². The molecule has 1 fully saturated rings. The molecule has 1 aliphatic heterocycles. The predicted octanol–water partition coefficient (Wildman–Crippen LogP) is 1.89. The molecule has 0 aromatic rings. The molecular formula is C16H25N3O3. The number of rotatable bonds is 1. The van der Waals surface area contributed by atoms with Gasteiger partial charge in [-0.25, -0.2) is 4.79 Å². The van der Waals surface area contributed by atoms with Crippen LogP contribution in [-0.2, 0) is 9.53 Å². The maximum absolute atomic E-state index is 12.6. The van der Waals surface area contributed by atoms with Crippen molar-refractivity contribution in [2.24, 2.45) is 16.1 Å². The standard InChI is InChI=1S/C16H25N3O3/c1-15(2,3)22-14(21)19-7-5-16(6-8-19)9-12(17)11(10-18-4)13(16)20/h10H,5-9,17H2,1-4H3. The van der Waals surface area contributed by atoms with Crippen molar-refractivity contribution in [1.82, 2.24) is 4.90 Å². The summed E-state index contributed by atoms with van der Waals surface area (Å²) in [5.41, 5.74) is 6.18. The van der Waals surface area contributed by atoms with E-state index < -0.39 is 11.0 Å². The quantitative estimate of drug-likeness (QED) is 0.750. The Bertz CT molecular complexity index is 535. The smallest absolute Gasteiger partial charge is 0.410 e. The molecule has 2 aliphatic rings. The van der Waals surface area contributed by atoms with Crippen molar-refractivity contribution in [3.63, 3.8) is 0 Å². The molecule has 6 nitrogen and oxygen atoms in total. The number of aliphatic imine (C=N–C) groups is 1. The normalized spacial score (nSPS) is 22.0. The predicted molar refractivity (Wildman–Crippen MR) is 84.7 cm³/mol. The van der Waals surface area contributed by atoms with Crippen molar-refractivity contribution in [1.29, 1.82) is 0 Å².